The molecule has 2 rings (SSSR count). The van der Waals surface area contributed by atoms with Gasteiger partial charge in [0.1, 0.15) is 0 Å². The van der Waals surface area contributed by atoms with Crippen molar-refractivity contribution in [2.24, 2.45) is 0 Å². The van der Waals surface area contributed by atoms with Crippen molar-refractivity contribution in [1.82, 2.24) is 0 Å². The fourth-order valence-corrected chi connectivity index (χ4v) is 13.5. The molecule has 0 spiro atoms. The maximum absolute atomic E-state index is 13.3. The predicted molar refractivity (Wildman–Crippen MR) is 103 cm³/mol. The van der Waals surface area contributed by atoms with Gasteiger partial charge in [-0.05, 0) is 0 Å². The van der Waals surface area contributed by atoms with Gasteiger partial charge in [-0.25, -0.2) is 0 Å². The van der Waals surface area contributed by atoms with Gasteiger partial charge >= 0.3 is 147 Å². The number of carbonyl (C=O) groups is 1. The second-order valence-corrected chi connectivity index (χ2v) is 16.0. The van der Waals surface area contributed by atoms with Crippen molar-refractivity contribution in [2.45, 2.75) is 58.2 Å². The molecular weight excluding hydrogens is 422 g/mol. The first-order valence-electron chi connectivity index (χ1n) is 7.95. The third-order valence-corrected chi connectivity index (χ3v) is 15.1. The van der Waals surface area contributed by atoms with E-state index in [0.717, 1.165) is 3.57 Å². The van der Waals surface area contributed by atoms with E-state index < -0.39 is 40.1 Å². The van der Waals surface area contributed by atoms with E-state index in [1.54, 1.807) is 6.07 Å². The Labute approximate surface area is 147 Å². The van der Waals surface area contributed by atoms with E-state index in [2.05, 4.69) is 51.0 Å². The Morgan fingerprint density at radius 3 is 2.17 bits per heavy atom. The van der Waals surface area contributed by atoms with Crippen LogP contribution in [-0.2, 0) is 3.07 Å². The Balaban J connectivity index is 2.44. The minimum atomic E-state index is -2.32. The normalized spacial score (nSPS) is 15.7. The van der Waals surface area contributed by atoms with Crippen LogP contribution < -0.4 is 0 Å². The summed E-state index contributed by atoms with van der Waals surface area (Å²) in [5.74, 6) is -0.813. The third-order valence-electron chi connectivity index (χ3n) is 4.70. The summed E-state index contributed by atoms with van der Waals surface area (Å²) in [5.41, 5.74) is 5.62. The van der Waals surface area contributed by atoms with E-state index in [1.807, 2.05) is 0 Å². The Morgan fingerprint density at radius 1 is 1.09 bits per heavy atom. The van der Waals surface area contributed by atoms with Crippen molar-refractivity contribution < 1.29 is 12.3 Å². The van der Waals surface area contributed by atoms with Crippen molar-refractivity contribution >= 4 is 34.3 Å². The number of carbonyl (C=O) groups excluding carboxylic acids is 1. The molecule has 0 amide bonds. The number of halogens is 2. The number of hydrogen-bond donors (Lipinski definition) is 0. The van der Waals surface area contributed by atoms with Crippen LogP contribution in [0.3, 0.4) is 0 Å². The van der Waals surface area contributed by atoms with Gasteiger partial charge < -0.3 is 0 Å². The zero-order valence-corrected chi connectivity index (χ0v) is 17.7. The molecular formula is C18H24FIO2Si. The molecule has 0 atom stereocenters. The third kappa shape index (κ3) is 3.34. The molecule has 1 aliphatic heterocycles. The van der Waals surface area contributed by atoms with Gasteiger partial charge in [-0.2, -0.15) is 0 Å². The number of hydrogen-bond acceptors (Lipinski definition) is 2. The summed E-state index contributed by atoms with van der Waals surface area (Å²) in [6.07, 6.45) is 0. The van der Waals surface area contributed by atoms with Crippen LogP contribution in [0, 0.1) is 18.9 Å². The van der Waals surface area contributed by atoms with Gasteiger partial charge in [0.15, 0.2) is 0 Å². The Hall–Kier alpha value is -0.873. The van der Waals surface area contributed by atoms with Crippen molar-refractivity contribution in [3.8, 4) is 9.47 Å². The summed E-state index contributed by atoms with van der Waals surface area (Å²) in [6, 6.07) is 4.35. The minimum absolute atomic E-state index is 0.371. The van der Waals surface area contributed by atoms with Crippen LogP contribution in [0.5, 0.6) is 0 Å². The first-order chi connectivity index (χ1) is 10.7. The molecule has 1 aromatic rings. The molecule has 126 valence electrons. The summed E-state index contributed by atoms with van der Waals surface area (Å²) in [6.45, 7) is 13.6. The number of rotatable bonds is 3. The fourth-order valence-electron chi connectivity index (χ4n) is 3.58. The van der Waals surface area contributed by atoms with Gasteiger partial charge in [-0.15, -0.1) is 0 Å². The van der Waals surface area contributed by atoms with Crippen LogP contribution in [0.4, 0.5) is 4.39 Å². The van der Waals surface area contributed by atoms with Crippen molar-refractivity contribution in [3.63, 3.8) is 0 Å². The molecule has 5 heteroatoms. The molecule has 1 heterocycles. The molecule has 23 heavy (non-hydrogen) atoms. The molecule has 0 fully saturated rings. The topological polar surface area (TPSA) is 26.3 Å². The van der Waals surface area contributed by atoms with Gasteiger partial charge in [0.25, 0.3) is 0 Å². The van der Waals surface area contributed by atoms with Crippen molar-refractivity contribution in [2.75, 3.05) is 0 Å². The Morgan fingerprint density at radius 2 is 1.65 bits per heavy atom. The van der Waals surface area contributed by atoms with Gasteiger partial charge in [-0.1, -0.05) is 0 Å². The van der Waals surface area contributed by atoms with E-state index >= 15 is 0 Å². The monoisotopic (exact) mass is 446 g/mol. The molecule has 0 saturated heterocycles. The van der Waals surface area contributed by atoms with E-state index in [-0.39, 0.29) is 0 Å². The fraction of sp³-hybridized carbons (Fsp3) is 0.500. The van der Waals surface area contributed by atoms with Gasteiger partial charge in [-0.3, -0.25) is 0 Å². The van der Waals surface area contributed by atoms with Crippen LogP contribution >= 0.6 is 20.2 Å². The first kappa shape index (κ1) is 18.5. The molecule has 1 aromatic carbocycles. The molecule has 2 nitrogen and oxygen atoms in total. The zero-order valence-electron chi connectivity index (χ0n) is 14.5. The molecule has 0 aromatic heterocycles. The zero-order chi connectivity index (χ0) is 17.4. The SMILES string of the molecule is CC(C)[Si](C#CI1OC(=O)c2cc(F)ccc21)(C(C)C)C(C)C. The summed E-state index contributed by atoms with van der Waals surface area (Å²) >= 11 is -2.32. The number of fused-ring (bicyclic) bond motifs is 1. The molecule has 0 radical (unpaired) electrons. The maximum atomic E-state index is 13.3. The first-order valence-corrected chi connectivity index (χ1v) is 13.2. The molecule has 0 N–H and O–H groups in total. The molecule has 0 bridgehead atoms. The van der Waals surface area contributed by atoms with Crippen LogP contribution in [0.2, 0.25) is 16.6 Å². The van der Waals surface area contributed by atoms with E-state index in [1.165, 1.54) is 12.1 Å². The van der Waals surface area contributed by atoms with E-state index in [0.29, 0.717) is 22.2 Å². The van der Waals surface area contributed by atoms with Crippen LogP contribution in [-0.4, -0.2) is 14.0 Å². The van der Waals surface area contributed by atoms with Crippen molar-refractivity contribution in [1.29, 1.82) is 0 Å². The molecule has 0 unspecified atom stereocenters. The quantitative estimate of drug-likeness (QED) is 0.335. The molecule has 0 aliphatic carbocycles. The average Bonchev–Trinajstić information content (AvgIpc) is 2.74. The summed E-state index contributed by atoms with van der Waals surface area (Å²) < 4.78 is 23.1. The van der Waals surface area contributed by atoms with E-state index in [4.69, 9.17) is 3.07 Å². The summed E-state index contributed by atoms with van der Waals surface area (Å²) in [7, 11) is -1.84. The van der Waals surface area contributed by atoms with Gasteiger partial charge in [0, 0.05) is 0 Å². The Bertz CT molecular complexity index is 652. The molecule has 0 saturated carbocycles. The van der Waals surface area contributed by atoms with E-state index in [9.17, 15) is 9.18 Å². The van der Waals surface area contributed by atoms with Gasteiger partial charge in [0.05, 0.1) is 0 Å². The predicted octanol–water partition coefficient (Wildman–Crippen LogP) is 5.77. The average molecular weight is 446 g/mol. The second kappa shape index (κ2) is 6.94. The summed E-state index contributed by atoms with van der Waals surface area (Å²) in [4.78, 5) is 11.9. The van der Waals surface area contributed by atoms with Crippen LogP contribution in [0.15, 0.2) is 18.2 Å². The Kier molecular flexibility index (Phi) is 5.57. The second-order valence-electron chi connectivity index (χ2n) is 6.85. The van der Waals surface area contributed by atoms with Crippen molar-refractivity contribution in [3.05, 3.63) is 33.1 Å². The van der Waals surface area contributed by atoms with Crippen LogP contribution in [0.25, 0.3) is 0 Å². The molecule has 1 aliphatic rings. The standard InChI is InChI=1S/C18H24FIO2Si/c1-12(2)23(13(3)4,14(5)6)10-9-20-17-8-7-15(19)11-16(17)18(21)22-20/h7-8,11-14H,1-6H3. The van der Waals surface area contributed by atoms with Gasteiger partial charge in [0.2, 0.25) is 0 Å². The van der Waals surface area contributed by atoms with Crippen LogP contribution in [0.1, 0.15) is 51.9 Å². The number of benzene rings is 1. The summed E-state index contributed by atoms with van der Waals surface area (Å²) in [5, 5.41) is 0.